The molecule has 2 aromatic heterocycles. The Morgan fingerprint density at radius 3 is 2.70 bits per heavy atom. The lowest BCUT2D eigenvalue weighted by molar-refractivity contribution is 0.141. The van der Waals surface area contributed by atoms with Gasteiger partial charge in [-0.3, -0.25) is 9.69 Å². The van der Waals surface area contributed by atoms with Crippen molar-refractivity contribution < 1.29 is 9.13 Å². The third-order valence-electron chi connectivity index (χ3n) is 6.54. The SMILES string of the molecule is [C-]#[N+]c1ccc2c(n1)c(N1C[C@@H](CC)N(Cc3ccc(OC)cc3F)C[C@@H]1C)cc(=O)n2C. The highest BCUT2D eigenvalue weighted by Crippen LogP contribution is 2.31. The van der Waals surface area contributed by atoms with Crippen LogP contribution in [0.5, 0.6) is 5.75 Å². The number of halogens is 1. The van der Waals surface area contributed by atoms with Gasteiger partial charge in [0.1, 0.15) is 11.6 Å². The van der Waals surface area contributed by atoms with Crippen LogP contribution in [0.2, 0.25) is 0 Å². The molecule has 1 fully saturated rings. The fourth-order valence-corrected chi connectivity index (χ4v) is 4.61. The molecule has 172 valence electrons. The van der Waals surface area contributed by atoms with E-state index in [1.807, 2.05) is 0 Å². The van der Waals surface area contributed by atoms with E-state index >= 15 is 0 Å². The lowest BCUT2D eigenvalue weighted by Crippen LogP contribution is -2.57. The molecule has 1 aliphatic rings. The smallest absolute Gasteiger partial charge is 0.270 e. The molecule has 1 aromatic carbocycles. The van der Waals surface area contributed by atoms with Crippen LogP contribution in [0.4, 0.5) is 15.9 Å². The maximum atomic E-state index is 14.6. The van der Waals surface area contributed by atoms with Crippen LogP contribution in [0, 0.1) is 12.4 Å². The summed E-state index contributed by atoms with van der Waals surface area (Å²) in [6.07, 6.45) is 0.879. The number of anilines is 1. The number of benzene rings is 1. The molecule has 0 aliphatic carbocycles. The Labute approximate surface area is 192 Å². The van der Waals surface area contributed by atoms with Crippen LogP contribution in [-0.2, 0) is 13.6 Å². The summed E-state index contributed by atoms with van der Waals surface area (Å²) in [5.41, 5.74) is 2.63. The maximum Gasteiger partial charge on any atom is 0.270 e. The van der Waals surface area contributed by atoms with Gasteiger partial charge in [-0.1, -0.05) is 19.6 Å². The first-order valence-electron chi connectivity index (χ1n) is 11.1. The summed E-state index contributed by atoms with van der Waals surface area (Å²) in [5, 5.41) is 0. The van der Waals surface area contributed by atoms with Gasteiger partial charge >= 0.3 is 0 Å². The van der Waals surface area contributed by atoms with E-state index in [1.165, 1.54) is 13.2 Å². The number of rotatable bonds is 5. The molecule has 3 heterocycles. The highest BCUT2D eigenvalue weighted by atomic mass is 19.1. The molecule has 7 nitrogen and oxygen atoms in total. The normalized spacial score (nSPS) is 19.0. The molecule has 3 aromatic rings. The van der Waals surface area contributed by atoms with Gasteiger partial charge in [-0.2, -0.15) is 0 Å². The minimum absolute atomic E-state index is 0.0720. The number of aryl methyl sites for hydroxylation is 1. The molecule has 0 spiro atoms. The summed E-state index contributed by atoms with van der Waals surface area (Å²) >= 11 is 0. The lowest BCUT2D eigenvalue weighted by Gasteiger charge is -2.46. The number of fused-ring (bicyclic) bond motifs is 1. The summed E-state index contributed by atoms with van der Waals surface area (Å²) in [6, 6.07) is 10.3. The van der Waals surface area contributed by atoms with Crippen molar-refractivity contribution in [1.29, 1.82) is 0 Å². The highest BCUT2D eigenvalue weighted by molar-refractivity contribution is 5.89. The Kier molecular flexibility index (Phi) is 6.34. The molecule has 8 heteroatoms. The van der Waals surface area contributed by atoms with E-state index in [-0.39, 0.29) is 23.5 Å². The monoisotopic (exact) mass is 449 g/mol. The predicted molar refractivity (Wildman–Crippen MR) is 127 cm³/mol. The largest absolute Gasteiger partial charge is 0.497 e. The van der Waals surface area contributed by atoms with Gasteiger partial charge in [0.2, 0.25) is 5.52 Å². The van der Waals surface area contributed by atoms with Crippen molar-refractivity contribution in [2.24, 2.45) is 7.05 Å². The van der Waals surface area contributed by atoms with Crippen LogP contribution in [0.3, 0.4) is 0 Å². The Hall–Kier alpha value is -3.44. The number of aromatic nitrogens is 2. The second kappa shape index (κ2) is 9.20. The first kappa shape index (κ1) is 22.7. The fraction of sp³-hybridized carbons (Fsp3) is 0.400. The van der Waals surface area contributed by atoms with Gasteiger partial charge in [0.15, 0.2) is 0 Å². The zero-order valence-electron chi connectivity index (χ0n) is 19.4. The van der Waals surface area contributed by atoms with Gasteiger partial charge in [0.25, 0.3) is 11.4 Å². The molecular weight excluding hydrogens is 421 g/mol. The Balaban J connectivity index is 1.67. The number of nitrogens with zero attached hydrogens (tertiary/aromatic N) is 5. The summed E-state index contributed by atoms with van der Waals surface area (Å²) in [4.78, 5) is 25.2. The van der Waals surface area contributed by atoms with Crippen molar-refractivity contribution in [2.45, 2.75) is 38.9 Å². The molecule has 1 saturated heterocycles. The second-order valence-electron chi connectivity index (χ2n) is 8.53. The van der Waals surface area contributed by atoms with E-state index in [1.54, 1.807) is 41.9 Å². The summed E-state index contributed by atoms with van der Waals surface area (Å²) in [6.45, 7) is 13.5. The van der Waals surface area contributed by atoms with Crippen LogP contribution < -0.4 is 15.2 Å². The molecule has 2 atom stereocenters. The highest BCUT2D eigenvalue weighted by Gasteiger charge is 2.33. The molecular formula is C25H28FN5O2. The van der Waals surface area contributed by atoms with Gasteiger partial charge in [-0.05, 0) is 31.5 Å². The van der Waals surface area contributed by atoms with E-state index < -0.39 is 0 Å². The number of hydrogen-bond donors (Lipinski definition) is 0. The van der Waals surface area contributed by atoms with Gasteiger partial charge in [-0.25, -0.2) is 4.39 Å². The lowest BCUT2D eigenvalue weighted by atomic mass is 10.0. The number of ether oxygens (including phenoxy) is 1. The molecule has 0 amide bonds. The minimum Gasteiger partial charge on any atom is -0.497 e. The minimum atomic E-state index is -0.271. The molecule has 1 aliphatic heterocycles. The van der Waals surface area contributed by atoms with E-state index in [4.69, 9.17) is 11.3 Å². The predicted octanol–water partition coefficient (Wildman–Crippen LogP) is 4.12. The molecule has 0 unspecified atom stereocenters. The first-order valence-corrected chi connectivity index (χ1v) is 11.1. The quantitative estimate of drug-likeness (QED) is 0.549. The molecule has 0 saturated carbocycles. The molecule has 4 rings (SSSR count). The number of pyridine rings is 2. The van der Waals surface area contributed by atoms with Crippen molar-refractivity contribution in [3.63, 3.8) is 0 Å². The van der Waals surface area contributed by atoms with Gasteiger partial charge in [0.05, 0.1) is 18.3 Å². The van der Waals surface area contributed by atoms with E-state index in [0.29, 0.717) is 47.8 Å². The Morgan fingerprint density at radius 2 is 2.03 bits per heavy atom. The topological polar surface area (TPSA) is 55.0 Å². The zero-order chi connectivity index (χ0) is 23.7. The van der Waals surface area contributed by atoms with Crippen molar-refractivity contribution in [3.8, 4) is 5.75 Å². The molecule has 0 bridgehead atoms. The molecule has 33 heavy (non-hydrogen) atoms. The van der Waals surface area contributed by atoms with Gasteiger partial charge < -0.3 is 19.0 Å². The Bertz CT molecular complexity index is 1280. The van der Waals surface area contributed by atoms with Crippen LogP contribution in [0.1, 0.15) is 25.8 Å². The standard InChI is InChI=1S/C25H28FN5O2/c1-6-18-15-31(16(2)13-30(18)14-17-7-8-19(33-5)11-20(17)26)22-12-24(32)29(4)21-9-10-23(27-3)28-25(21)22/h7-12,16,18H,6,13-15H2,1-2,4-5H3/t16-,18+/m0/s1. The van der Waals surface area contributed by atoms with Crippen LogP contribution in [0.25, 0.3) is 15.9 Å². The zero-order valence-corrected chi connectivity index (χ0v) is 19.4. The van der Waals surface area contributed by atoms with Crippen LogP contribution in [0.15, 0.2) is 41.2 Å². The Morgan fingerprint density at radius 1 is 1.24 bits per heavy atom. The second-order valence-corrected chi connectivity index (χ2v) is 8.53. The van der Waals surface area contributed by atoms with E-state index in [9.17, 15) is 9.18 Å². The first-order chi connectivity index (χ1) is 15.9. The maximum absolute atomic E-state index is 14.6. The average molecular weight is 450 g/mol. The van der Waals surface area contributed by atoms with Crippen molar-refractivity contribution in [3.05, 3.63) is 69.5 Å². The summed E-state index contributed by atoms with van der Waals surface area (Å²) in [7, 11) is 3.24. The fourth-order valence-electron chi connectivity index (χ4n) is 4.61. The summed E-state index contributed by atoms with van der Waals surface area (Å²) < 4.78 is 21.3. The average Bonchev–Trinajstić information content (AvgIpc) is 2.82. The van der Waals surface area contributed by atoms with Gasteiger partial charge in [-0.15, -0.1) is 4.98 Å². The number of piperazine rings is 1. The molecule has 0 N–H and O–H groups in total. The number of methoxy groups -OCH3 is 1. The van der Waals surface area contributed by atoms with E-state index in [0.717, 1.165) is 12.1 Å². The molecule has 0 radical (unpaired) electrons. The van der Waals surface area contributed by atoms with Crippen molar-refractivity contribution in [2.75, 3.05) is 25.1 Å². The third kappa shape index (κ3) is 4.29. The van der Waals surface area contributed by atoms with E-state index in [2.05, 4.69) is 33.5 Å². The van der Waals surface area contributed by atoms with Gasteiger partial charge in [0, 0.05) is 56.5 Å². The summed E-state index contributed by atoms with van der Waals surface area (Å²) in [5.74, 6) is 0.536. The van der Waals surface area contributed by atoms with Crippen molar-refractivity contribution in [1.82, 2.24) is 14.5 Å². The van der Waals surface area contributed by atoms with Crippen LogP contribution >= 0.6 is 0 Å². The van der Waals surface area contributed by atoms with Crippen LogP contribution in [-0.4, -0.2) is 46.7 Å². The number of hydrogen-bond acceptors (Lipinski definition) is 5. The van der Waals surface area contributed by atoms with Crippen molar-refractivity contribution >= 4 is 22.5 Å². The third-order valence-corrected chi connectivity index (χ3v) is 6.54.